The second kappa shape index (κ2) is 3.58. The van der Waals surface area contributed by atoms with E-state index in [-0.39, 0.29) is 11.4 Å². The number of nitrogens with zero attached hydrogens (tertiary/aromatic N) is 1. The van der Waals surface area contributed by atoms with Crippen LogP contribution in [0.1, 0.15) is 5.56 Å². The molecule has 1 aliphatic heterocycles. The minimum absolute atomic E-state index is 0.271. The molecule has 0 spiro atoms. The molecule has 1 heterocycles. The molecule has 0 saturated heterocycles. The Hall–Kier alpha value is -1.85. The molecule has 3 N–H and O–H groups in total. The molecule has 0 radical (unpaired) electrons. The molecule has 6 heteroatoms. The van der Waals surface area contributed by atoms with E-state index in [2.05, 4.69) is 0 Å². The lowest BCUT2D eigenvalue weighted by molar-refractivity contribution is -0.137. The minimum atomic E-state index is -4.44. The van der Waals surface area contributed by atoms with Crippen molar-refractivity contribution in [3.63, 3.8) is 0 Å². The topological polar surface area (TPSA) is 49.5 Å². The number of nitrogen functional groups attached to an aromatic ring is 1. The summed E-state index contributed by atoms with van der Waals surface area (Å²) in [5.41, 5.74) is 6.51. The van der Waals surface area contributed by atoms with Crippen LogP contribution < -0.4 is 10.6 Å². The molecule has 1 aromatic rings. The summed E-state index contributed by atoms with van der Waals surface area (Å²) in [7, 11) is 1.32. The van der Waals surface area contributed by atoms with Gasteiger partial charge in [0, 0.05) is 18.3 Å². The van der Waals surface area contributed by atoms with E-state index in [1.165, 1.54) is 25.2 Å². The monoisotopic (exact) mass is 244 g/mol. The van der Waals surface area contributed by atoms with Gasteiger partial charge >= 0.3 is 6.18 Å². The zero-order chi connectivity index (χ0) is 12.8. The molecule has 17 heavy (non-hydrogen) atoms. The Morgan fingerprint density at radius 1 is 1.35 bits per heavy atom. The summed E-state index contributed by atoms with van der Waals surface area (Å²) in [6.45, 7) is 0. The summed E-state index contributed by atoms with van der Waals surface area (Å²) in [5, 5.41) is 9.60. The number of hydrogen-bond acceptors (Lipinski definition) is 3. The van der Waals surface area contributed by atoms with Crippen molar-refractivity contribution in [3.05, 3.63) is 29.8 Å². The third kappa shape index (κ3) is 1.90. The van der Waals surface area contributed by atoms with Crippen LogP contribution in [0.15, 0.2) is 24.3 Å². The van der Waals surface area contributed by atoms with Gasteiger partial charge in [0.25, 0.3) is 0 Å². The van der Waals surface area contributed by atoms with Gasteiger partial charge < -0.3 is 15.7 Å². The maximum atomic E-state index is 12.7. The van der Waals surface area contributed by atoms with Crippen LogP contribution in [0, 0.1) is 0 Å². The molecule has 2 rings (SSSR count). The number of anilines is 2. The number of aliphatic hydroxyl groups is 1. The highest BCUT2D eigenvalue weighted by atomic mass is 19.4. The first-order chi connectivity index (χ1) is 7.80. The Balaban J connectivity index is 2.55. The normalized spacial score (nSPS) is 19.9. The Labute approximate surface area is 96.0 Å². The highest BCUT2D eigenvalue weighted by Crippen LogP contribution is 2.38. The Bertz CT molecular complexity index is 482. The molecule has 1 aromatic carbocycles. The van der Waals surface area contributed by atoms with E-state index in [0.717, 1.165) is 11.0 Å². The summed E-state index contributed by atoms with van der Waals surface area (Å²) >= 11 is 0. The SMILES string of the molecule is CN1c2cc(N)ccc2C(O)=CC1C(F)(F)F. The summed E-state index contributed by atoms with van der Waals surface area (Å²) in [6, 6.07) is 2.61. The number of fused-ring (bicyclic) bond motifs is 1. The molecule has 0 fully saturated rings. The number of benzene rings is 1. The molecule has 0 amide bonds. The molecule has 3 nitrogen and oxygen atoms in total. The largest absolute Gasteiger partial charge is 0.508 e. The van der Waals surface area contributed by atoms with Crippen LogP contribution in [0.3, 0.4) is 0 Å². The average Bonchev–Trinajstić information content (AvgIpc) is 2.21. The van der Waals surface area contributed by atoms with Crippen LogP contribution in [0.25, 0.3) is 5.76 Å². The smallest absolute Gasteiger partial charge is 0.412 e. The van der Waals surface area contributed by atoms with Crippen LogP contribution in [0.4, 0.5) is 24.5 Å². The molecule has 1 atom stereocenters. The van der Waals surface area contributed by atoms with Crippen LogP contribution in [0.2, 0.25) is 0 Å². The Morgan fingerprint density at radius 3 is 2.59 bits per heavy atom. The number of rotatable bonds is 0. The first kappa shape index (κ1) is 11.6. The van der Waals surface area contributed by atoms with Crippen LogP contribution in [-0.4, -0.2) is 24.4 Å². The van der Waals surface area contributed by atoms with Gasteiger partial charge in [-0.05, 0) is 24.3 Å². The lowest BCUT2D eigenvalue weighted by atomic mass is 10.0. The Morgan fingerprint density at radius 2 is 2.00 bits per heavy atom. The molecule has 1 aliphatic rings. The zero-order valence-corrected chi connectivity index (χ0v) is 8.99. The van der Waals surface area contributed by atoms with Crippen LogP contribution in [-0.2, 0) is 0 Å². The maximum Gasteiger partial charge on any atom is 0.412 e. The number of nitrogens with two attached hydrogens (primary N) is 1. The van der Waals surface area contributed by atoms with Gasteiger partial charge in [-0.15, -0.1) is 0 Å². The molecule has 0 aromatic heterocycles. The fourth-order valence-electron chi connectivity index (χ4n) is 1.87. The second-order valence-electron chi connectivity index (χ2n) is 3.93. The summed E-state index contributed by atoms with van der Waals surface area (Å²) in [4.78, 5) is 1.05. The van der Waals surface area contributed by atoms with Gasteiger partial charge in [-0.3, -0.25) is 0 Å². The number of halogens is 3. The van der Waals surface area contributed by atoms with Crippen molar-refractivity contribution in [3.8, 4) is 0 Å². The highest BCUT2D eigenvalue weighted by Gasteiger charge is 2.44. The van der Waals surface area contributed by atoms with Crippen molar-refractivity contribution < 1.29 is 18.3 Å². The van der Waals surface area contributed by atoms with Gasteiger partial charge in [0.05, 0.1) is 5.69 Å². The molecule has 0 saturated carbocycles. The van der Waals surface area contributed by atoms with Gasteiger partial charge in [-0.1, -0.05) is 0 Å². The molecule has 1 unspecified atom stereocenters. The van der Waals surface area contributed by atoms with Crippen LogP contribution >= 0.6 is 0 Å². The quantitative estimate of drug-likeness (QED) is 0.689. The molecule has 0 bridgehead atoms. The lowest BCUT2D eigenvalue weighted by Gasteiger charge is -2.34. The molecule has 0 aliphatic carbocycles. The van der Waals surface area contributed by atoms with Gasteiger partial charge in [0.1, 0.15) is 11.8 Å². The van der Waals surface area contributed by atoms with E-state index >= 15 is 0 Å². The van der Waals surface area contributed by atoms with Gasteiger partial charge in [-0.25, -0.2) is 0 Å². The first-order valence-electron chi connectivity index (χ1n) is 4.91. The third-order valence-electron chi connectivity index (χ3n) is 2.75. The maximum absolute atomic E-state index is 12.7. The fourth-order valence-corrected chi connectivity index (χ4v) is 1.87. The molecular weight excluding hydrogens is 233 g/mol. The van der Waals surface area contributed by atoms with Crippen molar-refractivity contribution in [2.45, 2.75) is 12.2 Å². The molecule has 92 valence electrons. The summed E-state index contributed by atoms with van der Waals surface area (Å²) in [6.07, 6.45) is -3.65. The minimum Gasteiger partial charge on any atom is -0.508 e. The fraction of sp³-hybridized carbons (Fsp3) is 0.273. The zero-order valence-electron chi connectivity index (χ0n) is 8.99. The number of alkyl halides is 3. The number of hydrogen-bond donors (Lipinski definition) is 2. The van der Waals surface area contributed by atoms with Crippen molar-refractivity contribution in [1.29, 1.82) is 0 Å². The highest BCUT2D eigenvalue weighted by molar-refractivity contribution is 5.79. The third-order valence-corrected chi connectivity index (χ3v) is 2.75. The average molecular weight is 244 g/mol. The van der Waals surface area contributed by atoms with Crippen LogP contribution in [0.5, 0.6) is 0 Å². The second-order valence-corrected chi connectivity index (χ2v) is 3.93. The van der Waals surface area contributed by atoms with Gasteiger partial charge in [0.15, 0.2) is 0 Å². The van der Waals surface area contributed by atoms with Crippen molar-refractivity contribution >= 4 is 17.1 Å². The predicted molar refractivity (Wildman–Crippen MR) is 59.7 cm³/mol. The molecular formula is C11H11F3N2O. The first-order valence-corrected chi connectivity index (χ1v) is 4.91. The summed E-state index contributed by atoms with van der Waals surface area (Å²) in [5.74, 6) is -0.375. The van der Waals surface area contributed by atoms with Gasteiger partial charge in [0.2, 0.25) is 0 Å². The van der Waals surface area contributed by atoms with E-state index < -0.39 is 12.2 Å². The number of aliphatic hydroxyl groups excluding tert-OH is 1. The van der Waals surface area contributed by atoms with E-state index in [9.17, 15) is 18.3 Å². The Kier molecular flexibility index (Phi) is 2.45. The van der Waals surface area contributed by atoms with Crippen molar-refractivity contribution in [1.82, 2.24) is 0 Å². The van der Waals surface area contributed by atoms with Gasteiger partial charge in [-0.2, -0.15) is 13.2 Å². The predicted octanol–water partition coefficient (Wildman–Crippen LogP) is 2.55. The summed E-state index contributed by atoms with van der Waals surface area (Å²) < 4.78 is 38.2. The van der Waals surface area contributed by atoms with Crippen molar-refractivity contribution in [2.75, 3.05) is 17.7 Å². The van der Waals surface area contributed by atoms with E-state index in [4.69, 9.17) is 5.73 Å². The van der Waals surface area contributed by atoms with E-state index in [1.807, 2.05) is 0 Å². The van der Waals surface area contributed by atoms with Crippen molar-refractivity contribution in [2.24, 2.45) is 0 Å². The lowest BCUT2D eigenvalue weighted by Crippen LogP contribution is -2.44. The number of likely N-dealkylation sites (N-methyl/N-ethyl adjacent to an activating group) is 1. The van der Waals surface area contributed by atoms with E-state index in [0.29, 0.717) is 11.3 Å². The van der Waals surface area contributed by atoms with E-state index in [1.54, 1.807) is 0 Å². The standard InChI is InChI=1S/C11H11F3N2O/c1-16-8-4-6(15)2-3-7(8)9(17)5-10(16)11(12,13)14/h2-5,10,17H,15H2,1H3.